The van der Waals surface area contributed by atoms with E-state index in [2.05, 4.69) is 38.3 Å². The lowest BCUT2D eigenvalue weighted by Crippen LogP contribution is -2.42. The minimum atomic E-state index is 0.0869. The summed E-state index contributed by atoms with van der Waals surface area (Å²) in [7, 11) is 1.65. The van der Waals surface area contributed by atoms with Crippen molar-refractivity contribution in [3.8, 4) is 0 Å². The summed E-state index contributed by atoms with van der Waals surface area (Å²) in [4.78, 5) is 11.6. The third-order valence-electron chi connectivity index (χ3n) is 2.40. The second-order valence-electron chi connectivity index (χ2n) is 4.73. The van der Waals surface area contributed by atoms with E-state index in [0.717, 1.165) is 6.54 Å². The lowest BCUT2D eigenvalue weighted by molar-refractivity contribution is -0.122. The van der Waals surface area contributed by atoms with Crippen molar-refractivity contribution in [2.24, 2.45) is 5.92 Å². The molecule has 0 rings (SSSR count). The van der Waals surface area contributed by atoms with Crippen molar-refractivity contribution < 1.29 is 9.53 Å². The van der Waals surface area contributed by atoms with Gasteiger partial charge in [-0.05, 0) is 5.92 Å². The van der Waals surface area contributed by atoms with E-state index in [4.69, 9.17) is 4.74 Å². The average Bonchev–Trinajstić information content (AvgIpc) is 2.16. The van der Waals surface area contributed by atoms with E-state index in [1.807, 2.05) is 0 Å². The van der Waals surface area contributed by atoms with Gasteiger partial charge in [0, 0.05) is 26.1 Å². The zero-order chi connectivity index (χ0) is 12.6. The number of carbonyl (C=O) groups is 1. The summed E-state index contributed by atoms with van der Waals surface area (Å²) in [5.74, 6) is 0.478. The fourth-order valence-electron chi connectivity index (χ4n) is 1.33. The quantitative estimate of drug-likeness (QED) is 0.658. The Labute approximate surface area is 99.1 Å². The van der Waals surface area contributed by atoms with Crippen LogP contribution in [0.15, 0.2) is 0 Å². The van der Waals surface area contributed by atoms with Gasteiger partial charge in [-0.25, -0.2) is 0 Å². The Bertz CT molecular complexity index is 193. The van der Waals surface area contributed by atoms with Gasteiger partial charge in [0.15, 0.2) is 0 Å². The molecule has 0 radical (unpaired) electrons. The van der Waals surface area contributed by atoms with Crippen molar-refractivity contribution in [1.82, 2.24) is 10.6 Å². The maximum absolute atomic E-state index is 11.6. The number of rotatable bonds is 8. The van der Waals surface area contributed by atoms with Crippen LogP contribution in [0.4, 0.5) is 0 Å². The van der Waals surface area contributed by atoms with Crippen LogP contribution in [0.1, 0.15) is 34.1 Å². The maximum Gasteiger partial charge on any atom is 0.221 e. The SMILES string of the molecule is COCC(NC(=O)CCNC(C)C)C(C)C. The number of methoxy groups -OCH3 is 1. The van der Waals surface area contributed by atoms with Crippen molar-refractivity contribution in [2.45, 2.75) is 46.2 Å². The van der Waals surface area contributed by atoms with Crippen LogP contribution >= 0.6 is 0 Å². The first kappa shape index (κ1) is 15.4. The van der Waals surface area contributed by atoms with E-state index in [9.17, 15) is 4.79 Å². The lowest BCUT2D eigenvalue weighted by atomic mass is 10.1. The highest BCUT2D eigenvalue weighted by Gasteiger charge is 2.15. The first-order chi connectivity index (χ1) is 7.47. The molecule has 4 nitrogen and oxygen atoms in total. The molecule has 0 aromatic rings. The second-order valence-corrected chi connectivity index (χ2v) is 4.73. The van der Waals surface area contributed by atoms with Gasteiger partial charge in [0.05, 0.1) is 12.6 Å². The molecule has 0 aliphatic carbocycles. The Morgan fingerprint density at radius 1 is 1.25 bits per heavy atom. The minimum absolute atomic E-state index is 0.0869. The van der Waals surface area contributed by atoms with Gasteiger partial charge in [0.1, 0.15) is 0 Å². The van der Waals surface area contributed by atoms with Crippen LogP contribution in [0.5, 0.6) is 0 Å². The Balaban J connectivity index is 3.82. The Morgan fingerprint density at radius 3 is 2.31 bits per heavy atom. The molecule has 96 valence electrons. The van der Waals surface area contributed by atoms with Gasteiger partial charge in [-0.15, -0.1) is 0 Å². The van der Waals surface area contributed by atoms with E-state index in [1.54, 1.807) is 7.11 Å². The van der Waals surface area contributed by atoms with Gasteiger partial charge in [0.2, 0.25) is 5.91 Å². The molecule has 0 heterocycles. The van der Waals surface area contributed by atoms with Gasteiger partial charge < -0.3 is 15.4 Å². The third-order valence-corrected chi connectivity index (χ3v) is 2.40. The summed E-state index contributed by atoms with van der Waals surface area (Å²) in [5.41, 5.74) is 0. The summed E-state index contributed by atoms with van der Waals surface area (Å²) in [5, 5.41) is 6.21. The van der Waals surface area contributed by atoms with E-state index < -0.39 is 0 Å². The van der Waals surface area contributed by atoms with E-state index in [1.165, 1.54) is 0 Å². The minimum Gasteiger partial charge on any atom is -0.383 e. The third kappa shape index (κ3) is 7.65. The zero-order valence-corrected chi connectivity index (χ0v) is 11.2. The summed E-state index contributed by atoms with van der Waals surface area (Å²) in [6, 6.07) is 0.532. The predicted octanol–water partition coefficient (Wildman–Crippen LogP) is 1.16. The van der Waals surface area contributed by atoms with Crippen molar-refractivity contribution in [2.75, 3.05) is 20.3 Å². The fraction of sp³-hybridized carbons (Fsp3) is 0.917. The molecule has 1 unspecified atom stereocenters. The number of hydrogen-bond donors (Lipinski definition) is 2. The van der Waals surface area contributed by atoms with Crippen LogP contribution in [-0.2, 0) is 9.53 Å². The van der Waals surface area contributed by atoms with Crippen LogP contribution in [0, 0.1) is 5.92 Å². The summed E-state index contributed by atoms with van der Waals surface area (Å²) < 4.78 is 5.08. The average molecular weight is 230 g/mol. The molecular weight excluding hydrogens is 204 g/mol. The number of ether oxygens (including phenoxy) is 1. The van der Waals surface area contributed by atoms with E-state index in [0.29, 0.717) is 25.0 Å². The molecule has 0 spiro atoms. The molecule has 0 bridgehead atoms. The maximum atomic E-state index is 11.6. The highest BCUT2D eigenvalue weighted by atomic mass is 16.5. The Morgan fingerprint density at radius 2 is 1.88 bits per heavy atom. The molecule has 1 atom stereocenters. The lowest BCUT2D eigenvalue weighted by Gasteiger charge is -2.21. The molecule has 0 fully saturated rings. The largest absolute Gasteiger partial charge is 0.383 e. The molecule has 0 aromatic heterocycles. The molecule has 0 aromatic carbocycles. The number of nitrogens with one attached hydrogen (secondary N) is 2. The van der Waals surface area contributed by atoms with Gasteiger partial charge in [-0.1, -0.05) is 27.7 Å². The topological polar surface area (TPSA) is 50.4 Å². The van der Waals surface area contributed by atoms with E-state index in [-0.39, 0.29) is 11.9 Å². The first-order valence-electron chi connectivity index (χ1n) is 5.99. The Hall–Kier alpha value is -0.610. The van der Waals surface area contributed by atoms with Gasteiger partial charge >= 0.3 is 0 Å². The zero-order valence-electron chi connectivity index (χ0n) is 11.2. The molecule has 2 N–H and O–H groups in total. The number of carbonyl (C=O) groups excluding carboxylic acids is 1. The highest BCUT2D eigenvalue weighted by molar-refractivity contribution is 5.76. The van der Waals surface area contributed by atoms with Crippen LogP contribution in [0.3, 0.4) is 0 Å². The molecule has 16 heavy (non-hydrogen) atoms. The first-order valence-corrected chi connectivity index (χ1v) is 5.99. The second kappa shape index (κ2) is 8.53. The molecule has 1 amide bonds. The number of hydrogen-bond acceptors (Lipinski definition) is 3. The van der Waals surface area contributed by atoms with Crippen LogP contribution < -0.4 is 10.6 Å². The van der Waals surface area contributed by atoms with Gasteiger partial charge in [-0.2, -0.15) is 0 Å². The molecule has 0 saturated heterocycles. The molecular formula is C12H26N2O2. The van der Waals surface area contributed by atoms with Crippen LogP contribution in [0.2, 0.25) is 0 Å². The van der Waals surface area contributed by atoms with E-state index >= 15 is 0 Å². The monoisotopic (exact) mass is 230 g/mol. The summed E-state index contributed by atoms with van der Waals surface area (Å²) in [6.45, 7) is 9.59. The molecule has 0 aliphatic heterocycles. The van der Waals surface area contributed by atoms with Gasteiger partial charge in [0.25, 0.3) is 0 Å². The normalized spacial score (nSPS) is 13.2. The number of amides is 1. The predicted molar refractivity (Wildman–Crippen MR) is 66.4 cm³/mol. The molecule has 0 saturated carbocycles. The van der Waals surface area contributed by atoms with Crippen molar-refractivity contribution >= 4 is 5.91 Å². The summed E-state index contributed by atoms with van der Waals surface area (Å²) in [6.07, 6.45) is 0.519. The van der Waals surface area contributed by atoms with Crippen LogP contribution in [-0.4, -0.2) is 38.3 Å². The molecule has 4 heteroatoms. The Kier molecular flexibility index (Phi) is 8.21. The van der Waals surface area contributed by atoms with Crippen molar-refractivity contribution in [3.63, 3.8) is 0 Å². The summed E-state index contributed by atoms with van der Waals surface area (Å²) >= 11 is 0. The van der Waals surface area contributed by atoms with Gasteiger partial charge in [-0.3, -0.25) is 4.79 Å². The van der Waals surface area contributed by atoms with Crippen molar-refractivity contribution in [3.05, 3.63) is 0 Å². The van der Waals surface area contributed by atoms with Crippen molar-refractivity contribution in [1.29, 1.82) is 0 Å². The smallest absolute Gasteiger partial charge is 0.221 e. The fourth-order valence-corrected chi connectivity index (χ4v) is 1.33. The molecule has 0 aliphatic rings. The van der Waals surface area contributed by atoms with Crippen LogP contribution in [0.25, 0.3) is 0 Å². The standard InChI is InChI=1S/C12H26N2O2/c1-9(2)11(8-16-5)14-12(15)6-7-13-10(3)4/h9-11,13H,6-8H2,1-5H3,(H,14,15). The highest BCUT2D eigenvalue weighted by Crippen LogP contribution is 2.02.